The Kier molecular flexibility index (Phi) is 7.62. The Morgan fingerprint density at radius 3 is 2.45 bits per heavy atom. The van der Waals surface area contributed by atoms with Crippen LogP contribution in [0.25, 0.3) is 6.08 Å². The third-order valence-corrected chi connectivity index (χ3v) is 3.14. The van der Waals surface area contributed by atoms with E-state index in [2.05, 4.69) is 11.1 Å². The Bertz CT molecular complexity index is 589. The molecule has 22 heavy (non-hydrogen) atoms. The molecule has 1 rings (SSSR count). The molecular formula is C15H20O6S. The zero-order chi connectivity index (χ0) is 16.4. The Labute approximate surface area is 130 Å². The zero-order valence-corrected chi connectivity index (χ0v) is 13.2. The van der Waals surface area contributed by atoms with Crippen LogP contribution in [0.4, 0.5) is 0 Å². The number of unbranched alkanes of at least 4 members (excludes halogenated alkanes) is 3. The first-order valence-electron chi connectivity index (χ1n) is 7.02. The highest BCUT2D eigenvalue weighted by Crippen LogP contribution is 2.14. The Morgan fingerprint density at radius 2 is 1.86 bits per heavy atom. The number of hydrogen-bond acceptors (Lipinski definition) is 5. The van der Waals surface area contributed by atoms with Gasteiger partial charge in [-0.05, 0) is 30.2 Å². The van der Waals surface area contributed by atoms with Gasteiger partial charge in [-0.1, -0.05) is 38.3 Å². The van der Waals surface area contributed by atoms with Crippen molar-refractivity contribution in [3.05, 3.63) is 35.9 Å². The number of carbonyl (C=O) groups is 1. The van der Waals surface area contributed by atoms with Gasteiger partial charge in [-0.3, -0.25) is 4.55 Å². The quantitative estimate of drug-likeness (QED) is 0.324. The molecule has 0 saturated carbocycles. The summed E-state index contributed by atoms with van der Waals surface area (Å²) in [5, 5.41) is 0. The van der Waals surface area contributed by atoms with Gasteiger partial charge in [0.2, 0.25) is 0 Å². The molecule has 0 aliphatic rings. The minimum atomic E-state index is -4.53. The van der Waals surface area contributed by atoms with Crippen LogP contribution in [-0.2, 0) is 19.9 Å². The first-order valence-corrected chi connectivity index (χ1v) is 8.39. The predicted molar refractivity (Wildman–Crippen MR) is 82.8 cm³/mol. The fourth-order valence-electron chi connectivity index (χ4n) is 1.67. The highest BCUT2D eigenvalue weighted by atomic mass is 32.3. The third-order valence-electron chi connectivity index (χ3n) is 2.74. The lowest BCUT2D eigenvalue weighted by molar-refractivity contribution is -0.137. The van der Waals surface area contributed by atoms with Crippen LogP contribution in [-0.4, -0.2) is 25.5 Å². The number of benzene rings is 1. The van der Waals surface area contributed by atoms with Gasteiger partial charge in [0.05, 0.1) is 6.61 Å². The van der Waals surface area contributed by atoms with Crippen molar-refractivity contribution in [1.29, 1.82) is 0 Å². The van der Waals surface area contributed by atoms with Crippen molar-refractivity contribution in [2.24, 2.45) is 0 Å². The molecule has 0 amide bonds. The number of hydrogen-bond donors (Lipinski definition) is 1. The Balaban J connectivity index is 2.41. The van der Waals surface area contributed by atoms with E-state index in [-0.39, 0.29) is 5.75 Å². The van der Waals surface area contributed by atoms with Crippen LogP contribution in [0.5, 0.6) is 5.75 Å². The van der Waals surface area contributed by atoms with Crippen LogP contribution in [0.3, 0.4) is 0 Å². The number of carbonyl (C=O) groups excluding carboxylic acids is 1. The molecule has 122 valence electrons. The van der Waals surface area contributed by atoms with Gasteiger partial charge < -0.3 is 8.92 Å². The molecule has 1 aromatic carbocycles. The van der Waals surface area contributed by atoms with Crippen molar-refractivity contribution < 1.29 is 26.7 Å². The van der Waals surface area contributed by atoms with Crippen LogP contribution in [0.15, 0.2) is 30.3 Å². The monoisotopic (exact) mass is 328 g/mol. The maximum absolute atomic E-state index is 11.5. The smallest absolute Gasteiger partial charge is 0.446 e. The molecule has 7 heteroatoms. The van der Waals surface area contributed by atoms with E-state index in [1.54, 1.807) is 18.2 Å². The molecule has 0 bridgehead atoms. The second-order valence-corrected chi connectivity index (χ2v) is 5.66. The average Bonchev–Trinajstić information content (AvgIpc) is 2.45. The zero-order valence-electron chi connectivity index (χ0n) is 12.4. The SMILES string of the molecule is CCCCCCOC(=O)/C=C/c1ccc(OS(=O)(=O)O)cc1. The normalized spacial score (nSPS) is 11.5. The van der Waals surface area contributed by atoms with Gasteiger partial charge >= 0.3 is 16.4 Å². The van der Waals surface area contributed by atoms with Gasteiger partial charge in [0.1, 0.15) is 5.75 Å². The summed E-state index contributed by atoms with van der Waals surface area (Å²) in [6.45, 7) is 2.52. The first kappa shape index (κ1) is 18.2. The van der Waals surface area contributed by atoms with E-state index in [1.807, 2.05) is 0 Å². The molecule has 6 nitrogen and oxygen atoms in total. The van der Waals surface area contributed by atoms with E-state index in [0.29, 0.717) is 12.2 Å². The largest absolute Gasteiger partial charge is 0.463 e. The predicted octanol–water partition coefficient (Wildman–Crippen LogP) is 3.00. The maximum atomic E-state index is 11.5. The van der Waals surface area contributed by atoms with Gasteiger partial charge in [-0.25, -0.2) is 4.79 Å². The summed E-state index contributed by atoms with van der Waals surface area (Å²) in [7, 11) is -4.53. The Hall–Kier alpha value is -1.86. The maximum Gasteiger partial charge on any atom is 0.446 e. The molecule has 1 aromatic rings. The topological polar surface area (TPSA) is 89.9 Å². The van der Waals surface area contributed by atoms with Gasteiger partial charge in [0.25, 0.3) is 0 Å². The second-order valence-electron chi connectivity index (χ2n) is 4.64. The van der Waals surface area contributed by atoms with Crippen molar-refractivity contribution in [3.63, 3.8) is 0 Å². The van der Waals surface area contributed by atoms with Crippen molar-refractivity contribution in [3.8, 4) is 5.75 Å². The standard InChI is InChI=1S/C15H20O6S/c1-2-3-4-5-12-20-15(16)11-8-13-6-9-14(10-7-13)21-22(17,18)19/h6-11H,2-5,12H2,1H3,(H,17,18,19)/b11-8+. The molecule has 0 aromatic heterocycles. The molecule has 0 heterocycles. The third kappa shape index (κ3) is 8.43. The lowest BCUT2D eigenvalue weighted by atomic mass is 10.2. The van der Waals surface area contributed by atoms with E-state index in [9.17, 15) is 13.2 Å². The van der Waals surface area contributed by atoms with Crippen molar-refractivity contribution in [2.75, 3.05) is 6.61 Å². The molecule has 0 unspecified atom stereocenters. The molecule has 0 aliphatic heterocycles. The number of esters is 1. The number of rotatable bonds is 9. The summed E-state index contributed by atoms with van der Waals surface area (Å²) in [6, 6.07) is 5.82. The van der Waals surface area contributed by atoms with Crippen molar-refractivity contribution >= 4 is 22.4 Å². The summed E-state index contributed by atoms with van der Waals surface area (Å²) in [4.78, 5) is 11.5. The van der Waals surface area contributed by atoms with E-state index >= 15 is 0 Å². The van der Waals surface area contributed by atoms with Crippen LogP contribution in [0.2, 0.25) is 0 Å². The molecule has 0 spiro atoms. The highest BCUT2D eigenvalue weighted by Gasteiger charge is 2.05. The number of ether oxygens (including phenoxy) is 1. The van der Waals surface area contributed by atoms with Gasteiger partial charge in [0.15, 0.2) is 0 Å². The van der Waals surface area contributed by atoms with E-state index in [0.717, 1.165) is 25.7 Å². The second kappa shape index (κ2) is 9.22. The van der Waals surface area contributed by atoms with Crippen LogP contribution < -0.4 is 4.18 Å². The summed E-state index contributed by atoms with van der Waals surface area (Å²) in [6.07, 6.45) is 7.01. The summed E-state index contributed by atoms with van der Waals surface area (Å²) < 4.78 is 38.9. The summed E-state index contributed by atoms with van der Waals surface area (Å²) in [5.41, 5.74) is 0.672. The van der Waals surface area contributed by atoms with E-state index in [4.69, 9.17) is 9.29 Å². The molecular weight excluding hydrogens is 308 g/mol. The van der Waals surface area contributed by atoms with E-state index < -0.39 is 16.4 Å². The molecule has 0 aliphatic carbocycles. The van der Waals surface area contributed by atoms with Crippen LogP contribution >= 0.6 is 0 Å². The fraction of sp³-hybridized carbons (Fsp3) is 0.400. The summed E-state index contributed by atoms with van der Waals surface area (Å²) >= 11 is 0. The molecule has 0 radical (unpaired) electrons. The average molecular weight is 328 g/mol. The van der Waals surface area contributed by atoms with Gasteiger partial charge in [-0.2, -0.15) is 8.42 Å². The van der Waals surface area contributed by atoms with Crippen LogP contribution in [0.1, 0.15) is 38.2 Å². The van der Waals surface area contributed by atoms with Gasteiger partial charge in [-0.15, -0.1) is 0 Å². The van der Waals surface area contributed by atoms with Crippen molar-refractivity contribution in [1.82, 2.24) is 0 Å². The lowest BCUT2D eigenvalue weighted by Crippen LogP contribution is -2.06. The molecule has 0 saturated heterocycles. The minimum Gasteiger partial charge on any atom is -0.463 e. The fourth-order valence-corrected chi connectivity index (χ4v) is 2.02. The van der Waals surface area contributed by atoms with Gasteiger partial charge in [0, 0.05) is 6.08 Å². The van der Waals surface area contributed by atoms with Crippen LogP contribution in [0, 0.1) is 0 Å². The summed E-state index contributed by atoms with van der Waals surface area (Å²) in [5.74, 6) is -0.437. The minimum absolute atomic E-state index is 0.0156. The first-order chi connectivity index (χ1) is 10.4. The molecule has 0 fully saturated rings. The highest BCUT2D eigenvalue weighted by molar-refractivity contribution is 7.81. The van der Waals surface area contributed by atoms with E-state index in [1.165, 1.54) is 18.2 Å². The lowest BCUT2D eigenvalue weighted by Gasteiger charge is -2.02. The molecule has 1 N–H and O–H groups in total. The van der Waals surface area contributed by atoms with Crippen molar-refractivity contribution in [2.45, 2.75) is 32.6 Å². The Morgan fingerprint density at radius 1 is 1.18 bits per heavy atom. The molecule has 0 atom stereocenters.